The largest absolute Gasteiger partial charge is 0.508 e. The number of ether oxygens (including phenoxy) is 1. The van der Waals surface area contributed by atoms with Crippen LogP contribution in [0.15, 0.2) is 24.3 Å². The fraction of sp³-hybridized carbons (Fsp3) is 0.400. The molecule has 1 aliphatic rings. The summed E-state index contributed by atoms with van der Waals surface area (Å²) >= 11 is 0. The first-order chi connectivity index (χ1) is 5.84. The molecule has 1 aromatic rings. The van der Waals surface area contributed by atoms with E-state index in [1.807, 2.05) is 0 Å². The van der Waals surface area contributed by atoms with E-state index in [0.29, 0.717) is 0 Å². The Kier molecular flexibility index (Phi) is 1.90. The van der Waals surface area contributed by atoms with Gasteiger partial charge < -0.3 is 9.84 Å². The summed E-state index contributed by atoms with van der Waals surface area (Å²) in [6.07, 6.45) is 2.61. The molecule has 0 radical (unpaired) electrons. The molecule has 64 valence electrons. The zero-order chi connectivity index (χ0) is 8.39. The molecule has 12 heavy (non-hydrogen) atoms. The molecule has 1 aliphatic carbocycles. The van der Waals surface area contributed by atoms with E-state index in [9.17, 15) is 0 Å². The fourth-order valence-electron chi connectivity index (χ4n) is 1.04. The van der Waals surface area contributed by atoms with Gasteiger partial charge in [-0.1, -0.05) is 0 Å². The highest BCUT2D eigenvalue weighted by Gasteiger charge is 2.21. The highest BCUT2D eigenvalue weighted by Crippen LogP contribution is 2.29. The van der Waals surface area contributed by atoms with E-state index < -0.39 is 0 Å². The van der Waals surface area contributed by atoms with Crippen molar-refractivity contribution in [1.29, 1.82) is 0 Å². The summed E-state index contributed by atoms with van der Waals surface area (Å²) in [7, 11) is 0. The summed E-state index contributed by atoms with van der Waals surface area (Å²) in [6, 6.07) is 6.86. The van der Waals surface area contributed by atoms with E-state index in [4.69, 9.17) is 9.84 Å². The minimum absolute atomic E-state index is 0.286. The molecular weight excluding hydrogens is 152 g/mol. The molecule has 0 unspecified atom stereocenters. The van der Waals surface area contributed by atoms with Gasteiger partial charge in [0.25, 0.3) is 0 Å². The zero-order valence-corrected chi connectivity index (χ0v) is 6.86. The Morgan fingerprint density at radius 1 is 1.25 bits per heavy atom. The van der Waals surface area contributed by atoms with Crippen LogP contribution in [0.5, 0.6) is 11.5 Å². The minimum Gasteiger partial charge on any atom is -0.508 e. The first kappa shape index (κ1) is 7.47. The van der Waals surface area contributed by atoms with Crippen molar-refractivity contribution in [2.24, 2.45) is 5.92 Å². The van der Waals surface area contributed by atoms with Crippen molar-refractivity contribution in [2.45, 2.75) is 12.8 Å². The number of benzene rings is 1. The lowest BCUT2D eigenvalue weighted by Gasteiger charge is -2.03. The number of hydrogen-bond acceptors (Lipinski definition) is 2. The Labute approximate surface area is 71.8 Å². The molecule has 0 aromatic heterocycles. The van der Waals surface area contributed by atoms with E-state index in [-0.39, 0.29) is 5.75 Å². The molecule has 1 N–H and O–H groups in total. The first-order valence-corrected chi connectivity index (χ1v) is 4.26. The second kappa shape index (κ2) is 3.05. The van der Waals surface area contributed by atoms with Crippen LogP contribution < -0.4 is 4.74 Å². The lowest BCUT2D eigenvalue weighted by atomic mass is 10.3. The number of phenolic OH excluding ortho intramolecular Hbond substituents is 1. The lowest BCUT2D eigenvalue weighted by molar-refractivity contribution is 0.299. The van der Waals surface area contributed by atoms with Gasteiger partial charge >= 0.3 is 0 Å². The fourth-order valence-corrected chi connectivity index (χ4v) is 1.04. The molecule has 0 aliphatic heterocycles. The predicted molar refractivity (Wildman–Crippen MR) is 46.3 cm³/mol. The van der Waals surface area contributed by atoms with E-state index in [2.05, 4.69) is 0 Å². The third-order valence-corrected chi connectivity index (χ3v) is 2.02. The van der Waals surface area contributed by atoms with Crippen LogP contribution in [-0.2, 0) is 0 Å². The lowest BCUT2D eigenvalue weighted by Crippen LogP contribution is -1.98. The summed E-state index contributed by atoms with van der Waals surface area (Å²) < 4.78 is 5.47. The SMILES string of the molecule is Oc1ccc(OCC2CC2)cc1. The van der Waals surface area contributed by atoms with Crippen LogP contribution >= 0.6 is 0 Å². The van der Waals surface area contributed by atoms with Crippen LogP contribution in [0.2, 0.25) is 0 Å². The summed E-state index contributed by atoms with van der Waals surface area (Å²) in [4.78, 5) is 0. The molecule has 0 heterocycles. The third kappa shape index (κ3) is 1.91. The molecule has 0 bridgehead atoms. The van der Waals surface area contributed by atoms with Crippen molar-refractivity contribution in [3.8, 4) is 11.5 Å². The molecule has 2 nitrogen and oxygen atoms in total. The first-order valence-electron chi connectivity index (χ1n) is 4.26. The quantitative estimate of drug-likeness (QED) is 0.742. The average Bonchev–Trinajstić information content (AvgIpc) is 2.87. The van der Waals surface area contributed by atoms with Crippen LogP contribution in [0.4, 0.5) is 0 Å². The van der Waals surface area contributed by atoms with E-state index >= 15 is 0 Å². The van der Waals surface area contributed by atoms with E-state index in [0.717, 1.165) is 18.3 Å². The van der Waals surface area contributed by atoms with E-state index in [1.165, 1.54) is 12.8 Å². The monoisotopic (exact) mass is 164 g/mol. The second-order valence-corrected chi connectivity index (χ2v) is 3.25. The van der Waals surface area contributed by atoms with Gasteiger partial charge in [0, 0.05) is 0 Å². The van der Waals surface area contributed by atoms with Gasteiger partial charge in [0.2, 0.25) is 0 Å². The van der Waals surface area contributed by atoms with Crippen LogP contribution in [0.25, 0.3) is 0 Å². The topological polar surface area (TPSA) is 29.5 Å². The number of aromatic hydroxyl groups is 1. The van der Waals surface area contributed by atoms with Gasteiger partial charge in [0.05, 0.1) is 6.61 Å². The Bertz CT molecular complexity index is 249. The number of rotatable bonds is 3. The summed E-state index contributed by atoms with van der Waals surface area (Å²) in [5.74, 6) is 1.91. The molecule has 1 fully saturated rings. The molecule has 2 rings (SSSR count). The van der Waals surface area contributed by atoms with Crippen LogP contribution in [0, 0.1) is 5.92 Å². The van der Waals surface area contributed by atoms with Gasteiger partial charge in [0.15, 0.2) is 0 Å². The highest BCUT2D eigenvalue weighted by atomic mass is 16.5. The van der Waals surface area contributed by atoms with Gasteiger partial charge in [-0.05, 0) is 43.0 Å². The van der Waals surface area contributed by atoms with E-state index in [1.54, 1.807) is 24.3 Å². The summed E-state index contributed by atoms with van der Waals surface area (Å²) in [5.41, 5.74) is 0. The molecule has 1 saturated carbocycles. The van der Waals surface area contributed by atoms with Crippen molar-refractivity contribution < 1.29 is 9.84 Å². The van der Waals surface area contributed by atoms with Gasteiger partial charge in [-0.25, -0.2) is 0 Å². The van der Waals surface area contributed by atoms with Crippen LogP contribution in [0.1, 0.15) is 12.8 Å². The molecule has 0 atom stereocenters. The van der Waals surface area contributed by atoms with Gasteiger partial charge in [-0.15, -0.1) is 0 Å². The van der Waals surface area contributed by atoms with Crippen LogP contribution in [0.3, 0.4) is 0 Å². The molecule has 0 spiro atoms. The normalized spacial score (nSPS) is 16.0. The molecular formula is C10H12O2. The van der Waals surface area contributed by atoms with Crippen molar-refractivity contribution >= 4 is 0 Å². The van der Waals surface area contributed by atoms with Crippen LogP contribution in [-0.4, -0.2) is 11.7 Å². The second-order valence-electron chi connectivity index (χ2n) is 3.25. The maximum atomic E-state index is 8.99. The zero-order valence-electron chi connectivity index (χ0n) is 6.86. The minimum atomic E-state index is 0.286. The average molecular weight is 164 g/mol. The Balaban J connectivity index is 1.89. The van der Waals surface area contributed by atoms with Crippen molar-refractivity contribution in [1.82, 2.24) is 0 Å². The van der Waals surface area contributed by atoms with Gasteiger partial charge in [-0.3, -0.25) is 0 Å². The smallest absolute Gasteiger partial charge is 0.119 e. The number of phenols is 1. The van der Waals surface area contributed by atoms with Gasteiger partial charge in [0.1, 0.15) is 11.5 Å². The van der Waals surface area contributed by atoms with Crippen molar-refractivity contribution in [2.75, 3.05) is 6.61 Å². The predicted octanol–water partition coefficient (Wildman–Crippen LogP) is 2.18. The molecule has 2 heteroatoms. The molecule has 0 amide bonds. The molecule has 0 saturated heterocycles. The Hall–Kier alpha value is -1.18. The maximum absolute atomic E-state index is 8.99. The van der Waals surface area contributed by atoms with Crippen molar-refractivity contribution in [3.05, 3.63) is 24.3 Å². The van der Waals surface area contributed by atoms with Crippen molar-refractivity contribution in [3.63, 3.8) is 0 Å². The summed E-state index contributed by atoms with van der Waals surface area (Å²) in [5, 5.41) is 8.99. The summed E-state index contributed by atoms with van der Waals surface area (Å²) in [6.45, 7) is 0.824. The van der Waals surface area contributed by atoms with Gasteiger partial charge in [-0.2, -0.15) is 0 Å². The number of hydrogen-bond donors (Lipinski definition) is 1. The Morgan fingerprint density at radius 3 is 2.50 bits per heavy atom. The highest BCUT2D eigenvalue weighted by molar-refractivity contribution is 5.30. The third-order valence-electron chi connectivity index (χ3n) is 2.02. The molecule has 1 aromatic carbocycles. The maximum Gasteiger partial charge on any atom is 0.119 e. The Morgan fingerprint density at radius 2 is 1.92 bits per heavy atom. The standard InChI is InChI=1S/C10H12O2/c11-9-3-5-10(6-4-9)12-7-8-1-2-8/h3-6,8,11H,1-2,7H2.